The number of hydrogen-bond acceptors (Lipinski definition) is 6. The summed E-state index contributed by atoms with van der Waals surface area (Å²) in [4.78, 5) is 17.6. The fourth-order valence-electron chi connectivity index (χ4n) is 2.58. The van der Waals surface area contributed by atoms with Crippen molar-refractivity contribution in [3.63, 3.8) is 0 Å². The van der Waals surface area contributed by atoms with Crippen molar-refractivity contribution in [1.29, 1.82) is 0 Å². The molecule has 1 unspecified atom stereocenters. The molecule has 1 saturated heterocycles. The molecule has 0 N–H and O–H groups in total. The van der Waals surface area contributed by atoms with E-state index in [9.17, 15) is 4.79 Å². The van der Waals surface area contributed by atoms with Gasteiger partial charge in [0.15, 0.2) is 11.5 Å². The third-order valence-corrected chi connectivity index (χ3v) is 3.73. The number of carbonyl (C=O) groups excluding carboxylic acids is 1. The van der Waals surface area contributed by atoms with Crippen molar-refractivity contribution in [2.24, 2.45) is 0 Å². The third-order valence-electron chi connectivity index (χ3n) is 3.73. The van der Waals surface area contributed by atoms with Crippen LogP contribution in [-0.2, 0) is 4.74 Å². The highest BCUT2D eigenvalue weighted by Gasteiger charge is 2.25. The Morgan fingerprint density at radius 2 is 2.05 bits per heavy atom. The zero-order valence-corrected chi connectivity index (χ0v) is 11.8. The first kappa shape index (κ1) is 13.5. The molecule has 0 spiro atoms. The minimum atomic E-state index is -0.467. The minimum absolute atomic E-state index is 0.228. The summed E-state index contributed by atoms with van der Waals surface area (Å²) >= 11 is 0. The minimum Gasteiger partial charge on any atom is -0.464 e. The smallest absolute Gasteiger partial charge is 0.358 e. The lowest BCUT2D eigenvalue weighted by Gasteiger charge is -2.17. The molecule has 0 amide bonds. The monoisotopic (exact) mass is 284 g/mol. The van der Waals surface area contributed by atoms with Crippen molar-refractivity contribution in [3.8, 4) is 0 Å². The van der Waals surface area contributed by atoms with Crippen LogP contribution in [0, 0.1) is 0 Å². The topological polar surface area (TPSA) is 68.2 Å². The maximum atomic E-state index is 11.3. The van der Waals surface area contributed by atoms with Gasteiger partial charge in [0.25, 0.3) is 0 Å². The molecule has 0 saturated carbocycles. The summed E-state index contributed by atoms with van der Waals surface area (Å²) in [6, 6.07) is 7.57. The third kappa shape index (κ3) is 2.84. The number of nitrogens with zero attached hydrogens (tertiary/aromatic N) is 4. The first-order chi connectivity index (χ1) is 10.3. The van der Waals surface area contributed by atoms with Crippen LogP contribution in [0.1, 0.15) is 28.4 Å². The van der Waals surface area contributed by atoms with E-state index in [1.54, 1.807) is 6.07 Å². The molecule has 3 heterocycles. The van der Waals surface area contributed by atoms with E-state index in [0.717, 1.165) is 25.3 Å². The van der Waals surface area contributed by atoms with Gasteiger partial charge in [-0.05, 0) is 36.2 Å². The molecule has 0 aromatic carbocycles. The SMILES string of the molecule is COC(=O)c1ccc(N2CCC(c3ccncc3)C2)nn1. The zero-order valence-electron chi connectivity index (χ0n) is 11.8. The predicted molar refractivity (Wildman–Crippen MR) is 77.2 cm³/mol. The Labute approximate surface area is 122 Å². The van der Waals surface area contributed by atoms with Gasteiger partial charge in [0.05, 0.1) is 7.11 Å². The van der Waals surface area contributed by atoms with E-state index in [4.69, 9.17) is 0 Å². The van der Waals surface area contributed by atoms with E-state index in [-0.39, 0.29) is 5.69 Å². The summed E-state index contributed by atoms with van der Waals surface area (Å²) in [6.07, 6.45) is 4.72. The molecule has 0 aliphatic carbocycles. The Morgan fingerprint density at radius 1 is 1.24 bits per heavy atom. The van der Waals surface area contributed by atoms with Gasteiger partial charge in [0.2, 0.25) is 0 Å². The lowest BCUT2D eigenvalue weighted by atomic mass is 10.00. The van der Waals surface area contributed by atoms with Gasteiger partial charge < -0.3 is 9.64 Å². The van der Waals surface area contributed by atoms with Crippen LogP contribution in [0.25, 0.3) is 0 Å². The summed E-state index contributed by atoms with van der Waals surface area (Å²) in [7, 11) is 1.33. The van der Waals surface area contributed by atoms with Crippen LogP contribution in [0.3, 0.4) is 0 Å². The van der Waals surface area contributed by atoms with Crippen molar-refractivity contribution in [1.82, 2.24) is 15.2 Å². The molecule has 6 heteroatoms. The average Bonchev–Trinajstić information content (AvgIpc) is 3.05. The Hall–Kier alpha value is -2.50. The van der Waals surface area contributed by atoms with Gasteiger partial charge in [-0.1, -0.05) is 0 Å². The summed E-state index contributed by atoms with van der Waals surface area (Å²) in [5.74, 6) is 0.805. The lowest BCUT2D eigenvalue weighted by molar-refractivity contribution is 0.0592. The van der Waals surface area contributed by atoms with E-state index < -0.39 is 5.97 Å². The van der Waals surface area contributed by atoms with Gasteiger partial charge in [-0.3, -0.25) is 4.98 Å². The highest BCUT2D eigenvalue weighted by atomic mass is 16.5. The molecule has 1 aliphatic heterocycles. The number of rotatable bonds is 3. The van der Waals surface area contributed by atoms with E-state index in [0.29, 0.717) is 5.92 Å². The zero-order chi connectivity index (χ0) is 14.7. The number of hydrogen-bond donors (Lipinski definition) is 0. The quantitative estimate of drug-likeness (QED) is 0.798. The first-order valence-electron chi connectivity index (χ1n) is 6.85. The molecule has 108 valence electrons. The molecule has 6 nitrogen and oxygen atoms in total. The van der Waals surface area contributed by atoms with Crippen LogP contribution < -0.4 is 4.90 Å². The molecule has 3 rings (SSSR count). The predicted octanol–water partition coefficient (Wildman–Crippen LogP) is 1.65. The maximum absolute atomic E-state index is 11.3. The second-order valence-corrected chi connectivity index (χ2v) is 4.98. The number of anilines is 1. The number of carbonyl (C=O) groups is 1. The van der Waals surface area contributed by atoms with Crippen LogP contribution in [-0.4, -0.2) is 41.3 Å². The van der Waals surface area contributed by atoms with Crippen LogP contribution >= 0.6 is 0 Å². The Morgan fingerprint density at radius 3 is 2.71 bits per heavy atom. The van der Waals surface area contributed by atoms with Gasteiger partial charge in [0, 0.05) is 31.4 Å². The molecule has 1 atom stereocenters. The summed E-state index contributed by atoms with van der Waals surface area (Å²) in [5.41, 5.74) is 1.53. The highest BCUT2D eigenvalue weighted by Crippen LogP contribution is 2.29. The number of ether oxygens (including phenoxy) is 1. The van der Waals surface area contributed by atoms with Crippen molar-refractivity contribution in [2.75, 3.05) is 25.1 Å². The van der Waals surface area contributed by atoms with Gasteiger partial charge in [0.1, 0.15) is 0 Å². The van der Waals surface area contributed by atoms with Crippen LogP contribution in [0.15, 0.2) is 36.7 Å². The van der Waals surface area contributed by atoms with E-state index >= 15 is 0 Å². The summed E-state index contributed by atoms with van der Waals surface area (Å²) in [6.45, 7) is 1.83. The average molecular weight is 284 g/mol. The second-order valence-electron chi connectivity index (χ2n) is 4.98. The molecule has 2 aromatic heterocycles. The number of pyridine rings is 1. The Kier molecular flexibility index (Phi) is 3.77. The molecular weight excluding hydrogens is 268 g/mol. The number of aromatic nitrogens is 3. The molecule has 1 fully saturated rings. The molecule has 21 heavy (non-hydrogen) atoms. The van der Waals surface area contributed by atoms with Gasteiger partial charge in [-0.25, -0.2) is 4.79 Å². The summed E-state index contributed by atoms with van der Waals surface area (Å²) < 4.78 is 4.62. The molecule has 0 radical (unpaired) electrons. The first-order valence-corrected chi connectivity index (χ1v) is 6.85. The second kappa shape index (κ2) is 5.87. The largest absolute Gasteiger partial charge is 0.464 e. The van der Waals surface area contributed by atoms with E-state index in [2.05, 4.69) is 37.0 Å². The van der Waals surface area contributed by atoms with Crippen molar-refractivity contribution in [3.05, 3.63) is 47.9 Å². The Balaban J connectivity index is 1.70. The fourth-order valence-corrected chi connectivity index (χ4v) is 2.58. The lowest BCUT2D eigenvalue weighted by Crippen LogP contribution is -2.21. The van der Waals surface area contributed by atoms with Crippen LogP contribution in [0.2, 0.25) is 0 Å². The molecular formula is C15H16N4O2. The van der Waals surface area contributed by atoms with Gasteiger partial charge in [-0.15, -0.1) is 10.2 Å². The molecule has 1 aliphatic rings. The molecule has 2 aromatic rings. The summed E-state index contributed by atoms with van der Waals surface area (Å²) in [5, 5.41) is 8.04. The van der Waals surface area contributed by atoms with Gasteiger partial charge >= 0.3 is 5.97 Å². The van der Waals surface area contributed by atoms with Crippen molar-refractivity contribution >= 4 is 11.8 Å². The van der Waals surface area contributed by atoms with Crippen LogP contribution in [0.4, 0.5) is 5.82 Å². The van der Waals surface area contributed by atoms with Gasteiger partial charge in [-0.2, -0.15) is 0 Å². The maximum Gasteiger partial charge on any atom is 0.358 e. The Bertz CT molecular complexity index is 615. The highest BCUT2D eigenvalue weighted by molar-refractivity contribution is 5.86. The standard InChI is InChI=1S/C15H16N4O2/c1-21-15(20)13-2-3-14(18-17-13)19-9-6-12(10-19)11-4-7-16-8-5-11/h2-5,7-8,12H,6,9-10H2,1H3. The van der Waals surface area contributed by atoms with Crippen molar-refractivity contribution < 1.29 is 9.53 Å². The van der Waals surface area contributed by atoms with E-state index in [1.165, 1.54) is 12.7 Å². The number of esters is 1. The van der Waals surface area contributed by atoms with Crippen molar-refractivity contribution in [2.45, 2.75) is 12.3 Å². The molecule has 0 bridgehead atoms. The van der Waals surface area contributed by atoms with Crippen LogP contribution in [0.5, 0.6) is 0 Å². The normalized spacial score (nSPS) is 17.8. The van der Waals surface area contributed by atoms with E-state index in [1.807, 2.05) is 18.5 Å². The fraction of sp³-hybridized carbons (Fsp3) is 0.333. The number of methoxy groups -OCH3 is 1.